The van der Waals surface area contributed by atoms with Crippen LogP contribution in [0.2, 0.25) is 0 Å². The molecule has 0 radical (unpaired) electrons. The van der Waals surface area contributed by atoms with Crippen molar-refractivity contribution < 1.29 is 9.90 Å². The van der Waals surface area contributed by atoms with Crippen molar-refractivity contribution in [3.63, 3.8) is 0 Å². The van der Waals surface area contributed by atoms with Crippen LogP contribution in [0.5, 0.6) is 5.75 Å². The minimum atomic E-state index is -0.575. The number of aromatic nitrogens is 2. The van der Waals surface area contributed by atoms with Gasteiger partial charge in [0.15, 0.2) is 0 Å². The minimum absolute atomic E-state index is 0.0216. The zero-order chi connectivity index (χ0) is 30.1. The van der Waals surface area contributed by atoms with Gasteiger partial charge in [0.2, 0.25) is 0 Å². The van der Waals surface area contributed by atoms with Crippen LogP contribution in [0.4, 0.5) is 10.5 Å². The monoisotopic (exact) mass is 570 g/mol. The van der Waals surface area contributed by atoms with Crippen LogP contribution in [0.3, 0.4) is 0 Å². The molecule has 1 unspecified atom stereocenters. The lowest BCUT2D eigenvalue weighted by molar-refractivity contribution is 0.247. The van der Waals surface area contributed by atoms with Gasteiger partial charge in [-0.25, -0.2) is 4.79 Å². The predicted molar refractivity (Wildman–Crippen MR) is 173 cm³/mol. The Bertz CT molecular complexity index is 1990. The summed E-state index contributed by atoms with van der Waals surface area (Å²) in [7, 11) is 3.48. The number of nitrogens with one attached hydrogen (secondary N) is 2. The van der Waals surface area contributed by atoms with E-state index in [1.54, 1.807) is 23.6 Å². The van der Waals surface area contributed by atoms with Gasteiger partial charge in [-0.2, -0.15) is 0 Å². The van der Waals surface area contributed by atoms with E-state index in [0.29, 0.717) is 29.4 Å². The topological polar surface area (TPSA) is 90.4 Å². The van der Waals surface area contributed by atoms with Crippen LogP contribution in [0.1, 0.15) is 33.9 Å². The summed E-state index contributed by atoms with van der Waals surface area (Å²) in [5, 5.41) is 16.4. The highest BCUT2D eigenvalue weighted by molar-refractivity contribution is 5.92. The SMILES string of the molecule is Cc1ccc(C(c2[nH]c3ccccc3c2CCNC(=O)N(C)c2ccccc2)c2c(O)c3ccccc3n(C)c2=O)cc1. The highest BCUT2D eigenvalue weighted by Crippen LogP contribution is 2.41. The van der Waals surface area contributed by atoms with Gasteiger partial charge in [-0.15, -0.1) is 0 Å². The second-order valence-corrected chi connectivity index (χ2v) is 10.9. The van der Waals surface area contributed by atoms with Gasteiger partial charge in [-0.3, -0.25) is 9.69 Å². The Hall–Kier alpha value is -5.30. The summed E-state index contributed by atoms with van der Waals surface area (Å²) in [5.41, 5.74) is 6.23. The second kappa shape index (κ2) is 11.5. The average molecular weight is 571 g/mol. The standard InChI is InChI=1S/C36H34N4O3/c1-23-17-19-24(20-18-23)31(32-34(41)28-14-8-10-16-30(28)40(3)35(32)42)33-27(26-13-7-9-15-29(26)38-33)21-22-37-36(43)39(2)25-11-5-4-6-12-25/h4-20,31,38,41H,21-22H2,1-3H3,(H,37,43). The number of amides is 2. The molecule has 1 atom stereocenters. The van der Waals surface area contributed by atoms with E-state index in [1.807, 2.05) is 110 Å². The largest absolute Gasteiger partial charge is 0.507 e. The van der Waals surface area contributed by atoms with E-state index in [0.717, 1.165) is 39.0 Å². The normalized spacial score (nSPS) is 12.0. The van der Waals surface area contributed by atoms with Crippen molar-refractivity contribution >= 4 is 33.5 Å². The van der Waals surface area contributed by atoms with Gasteiger partial charge in [0.25, 0.3) is 5.56 Å². The van der Waals surface area contributed by atoms with Crippen molar-refractivity contribution in [3.05, 3.63) is 141 Å². The third kappa shape index (κ3) is 5.14. The molecule has 0 aliphatic carbocycles. The Morgan fingerprint density at radius 2 is 1.56 bits per heavy atom. The first-order chi connectivity index (χ1) is 20.8. The van der Waals surface area contributed by atoms with E-state index < -0.39 is 5.92 Å². The number of hydrogen-bond acceptors (Lipinski definition) is 3. The predicted octanol–water partition coefficient (Wildman–Crippen LogP) is 6.60. The van der Waals surface area contributed by atoms with Crippen molar-refractivity contribution in [2.24, 2.45) is 7.05 Å². The van der Waals surface area contributed by atoms with Crippen LogP contribution in [0.15, 0.2) is 108 Å². The number of rotatable bonds is 7. The first kappa shape index (κ1) is 27.8. The van der Waals surface area contributed by atoms with Gasteiger partial charge in [0.1, 0.15) is 5.75 Å². The van der Waals surface area contributed by atoms with Crippen LogP contribution >= 0.6 is 0 Å². The van der Waals surface area contributed by atoms with Crippen molar-refractivity contribution in [2.75, 3.05) is 18.5 Å². The van der Waals surface area contributed by atoms with E-state index in [2.05, 4.69) is 10.3 Å². The number of nitrogens with zero attached hydrogens (tertiary/aromatic N) is 2. The summed E-state index contributed by atoms with van der Waals surface area (Å²) in [6, 6.07) is 32.8. The Morgan fingerprint density at radius 3 is 2.30 bits per heavy atom. The smallest absolute Gasteiger partial charge is 0.321 e. The number of aromatic hydroxyl groups is 1. The van der Waals surface area contributed by atoms with Gasteiger partial charge in [-0.05, 0) is 54.8 Å². The molecule has 3 N–H and O–H groups in total. The van der Waals surface area contributed by atoms with Crippen LogP contribution < -0.4 is 15.8 Å². The van der Waals surface area contributed by atoms with Gasteiger partial charge < -0.3 is 20.0 Å². The van der Waals surface area contributed by atoms with Crippen molar-refractivity contribution in [3.8, 4) is 5.75 Å². The lowest BCUT2D eigenvalue weighted by Gasteiger charge is -2.22. The number of hydrogen-bond donors (Lipinski definition) is 3. The van der Waals surface area contributed by atoms with Gasteiger partial charge >= 0.3 is 6.03 Å². The van der Waals surface area contributed by atoms with Crippen LogP contribution in [-0.2, 0) is 13.5 Å². The summed E-state index contributed by atoms with van der Waals surface area (Å²) in [6.45, 7) is 2.40. The molecular weight excluding hydrogens is 536 g/mol. The van der Waals surface area contributed by atoms with Crippen molar-refractivity contribution in [1.29, 1.82) is 0 Å². The quantitative estimate of drug-likeness (QED) is 0.202. The fourth-order valence-corrected chi connectivity index (χ4v) is 5.92. The molecule has 0 fully saturated rings. The fourth-order valence-electron chi connectivity index (χ4n) is 5.92. The maximum absolute atomic E-state index is 14.0. The number of urea groups is 1. The fraction of sp³-hybridized carbons (Fsp3) is 0.167. The highest BCUT2D eigenvalue weighted by Gasteiger charge is 2.30. The number of benzene rings is 4. The third-order valence-corrected chi connectivity index (χ3v) is 8.24. The third-order valence-electron chi connectivity index (χ3n) is 8.24. The molecule has 2 amide bonds. The molecule has 0 saturated heterocycles. The van der Waals surface area contributed by atoms with E-state index in [9.17, 15) is 14.7 Å². The molecule has 4 aromatic carbocycles. The van der Waals surface area contributed by atoms with E-state index >= 15 is 0 Å². The number of aromatic amines is 1. The molecular formula is C36H34N4O3. The van der Waals surface area contributed by atoms with Gasteiger partial charge in [0.05, 0.1) is 17.0 Å². The number of carbonyl (C=O) groups excluding carboxylic acids is 1. The number of aryl methyl sites for hydroxylation is 2. The molecule has 6 rings (SSSR count). The van der Waals surface area contributed by atoms with Crippen LogP contribution in [0.25, 0.3) is 21.8 Å². The number of carbonyl (C=O) groups is 1. The molecule has 6 aromatic rings. The molecule has 0 spiro atoms. The highest BCUT2D eigenvalue weighted by atomic mass is 16.3. The van der Waals surface area contributed by atoms with Crippen LogP contribution in [0, 0.1) is 6.92 Å². The molecule has 0 aliphatic heterocycles. The molecule has 216 valence electrons. The van der Waals surface area contributed by atoms with Crippen molar-refractivity contribution in [2.45, 2.75) is 19.3 Å². The molecule has 2 aromatic heterocycles. The summed E-state index contributed by atoms with van der Waals surface area (Å²) >= 11 is 0. The summed E-state index contributed by atoms with van der Waals surface area (Å²) < 4.78 is 1.60. The summed E-state index contributed by atoms with van der Waals surface area (Å²) in [5.74, 6) is -0.597. The lowest BCUT2D eigenvalue weighted by atomic mass is 9.85. The number of H-pyrrole nitrogens is 1. The van der Waals surface area contributed by atoms with E-state index in [-0.39, 0.29) is 17.3 Å². The first-order valence-electron chi connectivity index (χ1n) is 14.4. The Morgan fingerprint density at radius 1 is 0.907 bits per heavy atom. The summed E-state index contributed by atoms with van der Waals surface area (Å²) in [4.78, 5) is 32.2. The number of fused-ring (bicyclic) bond motifs is 2. The molecule has 7 heteroatoms. The second-order valence-electron chi connectivity index (χ2n) is 10.9. The van der Waals surface area contributed by atoms with Gasteiger partial charge in [0, 0.05) is 48.3 Å². The molecule has 43 heavy (non-hydrogen) atoms. The van der Waals surface area contributed by atoms with Crippen LogP contribution in [-0.4, -0.2) is 34.3 Å². The summed E-state index contributed by atoms with van der Waals surface area (Å²) in [6.07, 6.45) is 0.519. The molecule has 0 aliphatic rings. The zero-order valence-electron chi connectivity index (χ0n) is 24.5. The van der Waals surface area contributed by atoms with E-state index in [1.165, 1.54) is 0 Å². The number of pyridine rings is 1. The average Bonchev–Trinajstić information content (AvgIpc) is 3.40. The maximum Gasteiger partial charge on any atom is 0.321 e. The number of para-hydroxylation sites is 3. The van der Waals surface area contributed by atoms with E-state index in [4.69, 9.17) is 0 Å². The minimum Gasteiger partial charge on any atom is -0.507 e. The Kier molecular flexibility index (Phi) is 7.47. The lowest BCUT2D eigenvalue weighted by Crippen LogP contribution is -2.38. The Balaban J connectivity index is 1.47. The maximum atomic E-state index is 14.0. The van der Waals surface area contributed by atoms with Gasteiger partial charge in [-0.1, -0.05) is 78.4 Å². The molecule has 2 heterocycles. The molecule has 0 saturated carbocycles. The number of anilines is 1. The zero-order valence-corrected chi connectivity index (χ0v) is 24.5. The molecule has 0 bridgehead atoms. The Labute approximate surface area is 250 Å². The first-order valence-corrected chi connectivity index (χ1v) is 14.4. The van der Waals surface area contributed by atoms with Crippen molar-refractivity contribution in [1.82, 2.24) is 14.9 Å². The molecule has 7 nitrogen and oxygen atoms in total.